The van der Waals surface area contributed by atoms with Crippen LogP contribution in [0.25, 0.3) is 0 Å². The third-order valence-electron chi connectivity index (χ3n) is 4.25. The second kappa shape index (κ2) is 7.56. The van der Waals surface area contributed by atoms with E-state index in [1.807, 2.05) is 13.0 Å². The number of nitrogens with two attached hydrogens (primary N) is 1. The lowest BCUT2D eigenvalue weighted by Crippen LogP contribution is -2.37. The van der Waals surface area contributed by atoms with Crippen molar-refractivity contribution in [2.45, 2.75) is 78.2 Å². The first-order valence-corrected chi connectivity index (χ1v) is 8.72. The Labute approximate surface area is 146 Å². The monoisotopic (exact) mass is 334 g/mol. The van der Waals surface area contributed by atoms with Crippen molar-refractivity contribution in [3.63, 3.8) is 0 Å². The van der Waals surface area contributed by atoms with Crippen molar-refractivity contribution in [3.05, 3.63) is 28.8 Å². The molecule has 0 saturated heterocycles. The Hall–Kier alpha value is -1.55. The van der Waals surface area contributed by atoms with Gasteiger partial charge in [0, 0.05) is 19.0 Å². The normalized spacial score (nSPS) is 13.7. The summed E-state index contributed by atoms with van der Waals surface area (Å²) in [4.78, 5) is 12.0. The second-order valence-electron chi connectivity index (χ2n) is 8.74. The molecule has 0 aliphatic heterocycles. The fourth-order valence-corrected chi connectivity index (χ4v) is 2.54. The van der Waals surface area contributed by atoms with Crippen molar-refractivity contribution in [2.75, 3.05) is 6.54 Å². The van der Waals surface area contributed by atoms with Gasteiger partial charge in [0.05, 0.1) is 0 Å². The number of carbonyl (C=O) groups excluding carboxylic acids is 1. The number of hydrogen-bond donors (Lipinski definition) is 3. The van der Waals surface area contributed by atoms with Gasteiger partial charge in [-0.1, -0.05) is 53.7 Å². The summed E-state index contributed by atoms with van der Waals surface area (Å²) in [5.74, 6) is 0.279. The van der Waals surface area contributed by atoms with Crippen molar-refractivity contribution < 1.29 is 9.90 Å². The van der Waals surface area contributed by atoms with E-state index in [9.17, 15) is 9.90 Å². The first-order valence-electron chi connectivity index (χ1n) is 8.72. The smallest absolute Gasteiger partial charge is 0.220 e. The zero-order valence-corrected chi connectivity index (χ0v) is 16.3. The lowest BCUT2D eigenvalue weighted by atomic mass is 9.78. The van der Waals surface area contributed by atoms with Crippen LogP contribution in [0.1, 0.15) is 71.6 Å². The van der Waals surface area contributed by atoms with Crippen LogP contribution < -0.4 is 11.1 Å². The minimum atomic E-state index is -0.156. The molecule has 1 rings (SSSR count). The third kappa shape index (κ3) is 5.52. The van der Waals surface area contributed by atoms with Crippen molar-refractivity contribution in [3.8, 4) is 5.75 Å². The topological polar surface area (TPSA) is 75.3 Å². The molecule has 0 aromatic heterocycles. The summed E-state index contributed by atoms with van der Waals surface area (Å²) in [6.07, 6.45) is 0.858. The van der Waals surface area contributed by atoms with Crippen LogP contribution in [-0.2, 0) is 22.0 Å². The zero-order chi connectivity index (χ0) is 18.7. The van der Waals surface area contributed by atoms with Gasteiger partial charge in [-0.05, 0) is 40.9 Å². The van der Waals surface area contributed by atoms with E-state index >= 15 is 0 Å². The van der Waals surface area contributed by atoms with Crippen LogP contribution in [0.3, 0.4) is 0 Å². The Kier molecular flexibility index (Phi) is 6.45. The standard InChI is InChI=1S/C20H34N2O2/c1-13(12-21)22-17(23)9-8-14-10-15(19(2,3)4)11-16(18(14)24)20(5,6)7/h10-11,13,24H,8-9,12,21H2,1-7H3,(H,22,23). The average molecular weight is 335 g/mol. The molecule has 0 heterocycles. The largest absolute Gasteiger partial charge is 0.507 e. The van der Waals surface area contributed by atoms with Gasteiger partial charge in [-0.2, -0.15) is 0 Å². The fourth-order valence-electron chi connectivity index (χ4n) is 2.54. The first-order chi connectivity index (χ1) is 10.9. The molecule has 1 unspecified atom stereocenters. The molecule has 4 heteroatoms. The fraction of sp³-hybridized carbons (Fsp3) is 0.650. The number of rotatable bonds is 5. The van der Waals surface area contributed by atoms with Gasteiger partial charge in [0.15, 0.2) is 0 Å². The molecule has 4 nitrogen and oxygen atoms in total. The van der Waals surface area contributed by atoms with Crippen LogP contribution in [0.5, 0.6) is 5.75 Å². The van der Waals surface area contributed by atoms with Crippen LogP contribution in [0.2, 0.25) is 0 Å². The quantitative estimate of drug-likeness (QED) is 0.772. The predicted molar refractivity (Wildman–Crippen MR) is 100 cm³/mol. The number of benzene rings is 1. The molecule has 4 N–H and O–H groups in total. The van der Waals surface area contributed by atoms with Crippen LogP contribution in [0.4, 0.5) is 0 Å². The summed E-state index contributed by atoms with van der Waals surface area (Å²) in [6, 6.07) is 4.09. The molecule has 1 amide bonds. The Morgan fingerprint density at radius 2 is 1.75 bits per heavy atom. The highest BCUT2D eigenvalue weighted by Gasteiger charge is 2.25. The highest BCUT2D eigenvalue weighted by Crippen LogP contribution is 2.38. The first kappa shape index (κ1) is 20.5. The molecule has 0 aliphatic rings. The second-order valence-corrected chi connectivity index (χ2v) is 8.74. The Morgan fingerprint density at radius 1 is 1.17 bits per heavy atom. The molecule has 0 bridgehead atoms. The summed E-state index contributed by atoms with van der Waals surface area (Å²) in [5, 5.41) is 13.6. The molecule has 1 aromatic rings. The molecule has 24 heavy (non-hydrogen) atoms. The number of phenols is 1. The van der Waals surface area contributed by atoms with Crippen LogP contribution in [0, 0.1) is 0 Å². The van der Waals surface area contributed by atoms with Crippen molar-refractivity contribution in [1.82, 2.24) is 5.32 Å². The summed E-state index contributed by atoms with van der Waals surface area (Å²) < 4.78 is 0. The summed E-state index contributed by atoms with van der Waals surface area (Å²) in [5.41, 5.74) is 8.31. The number of phenolic OH excluding ortho intramolecular Hbond substituents is 1. The van der Waals surface area contributed by atoms with Gasteiger partial charge in [0.2, 0.25) is 5.91 Å². The average Bonchev–Trinajstić information content (AvgIpc) is 2.43. The van der Waals surface area contributed by atoms with Crippen molar-refractivity contribution >= 4 is 5.91 Å². The van der Waals surface area contributed by atoms with Crippen molar-refractivity contribution in [2.24, 2.45) is 5.73 Å². The molecular formula is C20H34N2O2. The van der Waals surface area contributed by atoms with E-state index < -0.39 is 0 Å². The SMILES string of the molecule is CC(CN)NC(=O)CCc1cc(C(C)(C)C)cc(C(C)(C)C)c1O. The Morgan fingerprint density at radius 3 is 2.21 bits per heavy atom. The Balaban J connectivity index is 3.11. The van der Waals surface area contributed by atoms with E-state index in [1.54, 1.807) is 0 Å². The third-order valence-corrected chi connectivity index (χ3v) is 4.25. The van der Waals surface area contributed by atoms with E-state index in [4.69, 9.17) is 5.73 Å². The number of amides is 1. The van der Waals surface area contributed by atoms with E-state index in [2.05, 4.69) is 52.9 Å². The van der Waals surface area contributed by atoms with Gasteiger partial charge in [0.25, 0.3) is 0 Å². The lowest BCUT2D eigenvalue weighted by molar-refractivity contribution is -0.121. The Bertz CT molecular complexity index is 581. The van der Waals surface area contributed by atoms with Gasteiger partial charge in [0.1, 0.15) is 5.75 Å². The van der Waals surface area contributed by atoms with Gasteiger partial charge < -0.3 is 16.2 Å². The number of nitrogens with one attached hydrogen (secondary N) is 1. The van der Waals surface area contributed by atoms with E-state index in [-0.39, 0.29) is 22.8 Å². The zero-order valence-electron chi connectivity index (χ0n) is 16.3. The minimum absolute atomic E-state index is 0.0151. The summed E-state index contributed by atoms with van der Waals surface area (Å²) >= 11 is 0. The van der Waals surface area contributed by atoms with Gasteiger partial charge in [-0.25, -0.2) is 0 Å². The molecule has 0 fully saturated rings. The molecule has 0 saturated carbocycles. The molecule has 136 valence electrons. The molecule has 1 atom stereocenters. The molecular weight excluding hydrogens is 300 g/mol. The summed E-state index contributed by atoms with van der Waals surface area (Å²) in [6.45, 7) is 15.1. The number of aromatic hydroxyl groups is 1. The lowest BCUT2D eigenvalue weighted by Gasteiger charge is -2.27. The van der Waals surface area contributed by atoms with Crippen LogP contribution in [-0.4, -0.2) is 23.6 Å². The number of aryl methyl sites for hydroxylation is 1. The molecule has 1 aromatic carbocycles. The maximum Gasteiger partial charge on any atom is 0.220 e. The highest BCUT2D eigenvalue weighted by molar-refractivity contribution is 5.76. The maximum absolute atomic E-state index is 12.0. The summed E-state index contributed by atoms with van der Waals surface area (Å²) in [7, 11) is 0. The van der Waals surface area contributed by atoms with Crippen LogP contribution >= 0.6 is 0 Å². The molecule has 0 spiro atoms. The van der Waals surface area contributed by atoms with Gasteiger partial charge >= 0.3 is 0 Å². The predicted octanol–water partition coefficient (Wildman–Crippen LogP) is 3.38. The van der Waals surface area contributed by atoms with Gasteiger partial charge in [-0.3, -0.25) is 4.79 Å². The minimum Gasteiger partial charge on any atom is -0.507 e. The van der Waals surface area contributed by atoms with Crippen molar-refractivity contribution in [1.29, 1.82) is 0 Å². The molecule has 0 radical (unpaired) electrons. The van der Waals surface area contributed by atoms with E-state index in [1.165, 1.54) is 5.56 Å². The number of hydrogen-bond acceptors (Lipinski definition) is 3. The maximum atomic E-state index is 12.0. The number of carbonyl (C=O) groups is 1. The van der Waals surface area contributed by atoms with Gasteiger partial charge in [-0.15, -0.1) is 0 Å². The highest BCUT2D eigenvalue weighted by atomic mass is 16.3. The molecule has 0 aliphatic carbocycles. The van der Waals surface area contributed by atoms with E-state index in [0.717, 1.165) is 11.1 Å². The van der Waals surface area contributed by atoms with E-state index in [0.29, 0.717) is 25.1 Å². The van der Waals surface area contributed by atoms with Crippen LogP contribution in [0.15, 0.2) is 12.1 Å².